The third-order valence-corrected chi connectivity index (χ3v) is 9.18. The maximum absolute atomic E-state index is 13.0. The molecule has 1 aliphatic heterocycles. The van der Waals surface area contributed by atoms with Crippen molar-refractivity contribution in [2.75, 3.05) is 24.2 Å². The zero-order valence-electron chi connectivity index (χ0n) is 23.5. The second-order valence-corrected chi connectivity index (χ2v) is 12.7. The van der Waals surface area contributed by atoms with Crippen molar-refractivity contribution in [3.8, 4) is 22.8 Å². The standard InChI is InChI=1S/C30H31ClN6O4S2/c1-2-41-23-16-14-22(15-17-23)37-29(25-11-5-6-12-26(25)31)34-35-30(37)42-20-28(38)33-21-9-8-10-24(19-21)43(39,40)36-27-13-4-3-7-18-32-27/h5-6,8-12,14-17,19H,2-4,7,13,18,20H2,1H3,(H,32,36)(H,33,38). The summed E-state index contributed by atoms with van der Waals surface area (Å²) >= 11 is 7.69. The monoisotopic (exact) mass is 638 g/mol. The predicted molar refractivity (Wildman–Crippen MR) is 170 cm³/mol. The minimum atomic E-state index is -3.84. The average molecular weight is 639 g/mol. The van der Waals surface area contributed by atoms with Gasteiger partial charge in [-0.05, 0) is 74.4 Å². The number of amidine groups is 1. The van der Waals surface area contributed by atoms with Crippen LogP contribution in [0, 0.1) is 0 Å². The molecule has 0 radical (unpaired) electrons. The van der Waals surface area contributed by atoms with Crippen LogP contribution in [0.25, 0.3) is 17.1 Å². The maximum atomic E-state index is 13.0. The van der Waals surface area contributed by atoms with Crippen LogP contribution in [-0.2, 0) is 14.8 Å². The number of ether oxygens (including phenoxy) is 1. The second-order valence-electron chi connectivity index (χ2n) is 9.66. The molecule has 4 aromatic rings. The van der Waals surface area contributed by atoms with Crippen LogP contribution in [0.15, 0.2) is 87.8 Å². The molecule has 0 fully saturated rings. The number of hydrogen-bond donors (Lipinski definition) is 2. The number of carbonyl (C=O) groups is 1. The molecule has 0 unspecified atom stereocenters. The van der Waals surface area contributed by atoms with Crippen molar-refractivity contribution < 1.29 is 17.9 Å². The largest absolute Gasteiger partial charge is 0.494 e. The number of nitrogens with zero attached hydrogens (tertiary/aromatic N) is 4. The number of anilines is 1. The molecule has 1 aliphatic rings. The van der Waals surface area contributed by atoms with E-state index < -0.39 is 10.0 Å². The Morgan fingerprint density at radius 1 is 1.02 bits per heavy atom. The van der Waals surface area contributed by atoms with Gasteiger partial charge < -0.3 is 10.1 Å². The minimum Gasteiger partial charge on any atom is -0.494 e. The highest BCUT2D eigenvalue weighted by molar-refractivity contribution is 7.99. The van der Waals surface area contributed by atoms with Gasteiger partial charge in [0.2, 0.25) is 5.91 Å². The summed E-state index contributed by atoms with van der Waals surface area (Å²) < 4.78 is 36.0. The molecule has 0 saturated carbocycles. The zero-order chi connectivity index (χ0) is 30.2. The summed E-state index contributed by atoms with van der Waals surface area (Å²) in [6, 6.07) is 21.0. The lowest BCUT2D eigenvalue weighted by atomic mass is 10.2. The molecule has 13 heteroatoms. The highest BCUT2D eigenvalue weighted by Gasteiger charge is 2.21. The van der Waals surface area contributed by atoms with Crippen molar-refractivity contribution in [2.45, 2.75) is 42.7 Å². The van der Waals surface area contributed by atoms with Crippen LogP contribution >= 0.6 is 23.4 Å². The van der Waals surface area contributed by atoms with Crippen LogP contribution in [0.3, 0.4) is 0 Å². The van der Waals surface area contributed by atoms with Crippen molar-refractivity contribution in [3.05, 3.63) is 77.8 Å². The Balaban J connectivity index is 1.32. The molecule has 0 bridgehead atoms. The van der Waals surface area contributed by atoms with E-state index in [2.05, 4.69) is 25.2 Å². The Labute approximate surface area is 260 Å². The molecular weight excluding hydrogens is 608 g/mol. The number of nitrogens with one attached hydrogen (secondary N) is 2. The van der Waals surface area contributed by atoms with E-state index in [1.54, 1.807) is 18.2 Å². The first-order chi connectivity index (χ1) is 20.8. The topological polar surface area (TPSA) is 128 Å². The number of hydrogen-bond acceptors (Lipinski definition) is 8. The second kappa shape index (κ2) is 14.1. The summed E-state index contributed by atoms with van der Waals surface area (Å²) in [5.74, 6) is 1.40. The van der Waals surface area contributed by atoms with Crippen molar-refractivity contribution >= 4 is 50.8 Å². The first-order valence-electron chi connectivity index (χ1n) is 13.9. The number of rotatable bonds is 10. The number of halogens is 1. The molecule has 2 heterocycles. The third kappa shape index (κ3) is 7.75. The molecular formula is C30H31ClN6O4S2. The van der Waals surface area contributed by atoms with Gasteiger partial charge in [-0.25, -0.2) is 8.42 Å². The van der Waals surface area contributed by atoms with Gasteiger partial charge >= 0.3 is 0 Å². The Morgan fingerprint density at radius 3 is 2.63 bits per heavy atom. The molecule has 3 aromatic carbocycles. The number of carbonyl (C=O) groups excluding carboxylic acids is 1. The molecule has 224 valence electrons. The molecule has 43 heavy (non-hydrogen) atoms. The molecule has 1 aromatic heterocycles. The van der Waals surface area contributed by atoms with Gasteiger partial charge in [0.05, 0.1) is 22.3 Å². The lowest BCUT2D eigenvalue weighted by Crippen LogP contribution is -2.30. The summed E-state index contributed by atoms with van der Waals surface area (Å²) in [6.07, 6.45) is 3.45. The van der Waals surface area contributed by atoms with E-state index in [0.29, 0.717) is 52.7 Å². The van der Waals surface area contributed by atoms with Crippen LogP contribution in [0.2, 0.25) is 5.02 Å². The Kier molecular flexibility index (Phi) is 10.0. The number of thioether (sulfide) groups is 1. The number of benzene rings is 3. The molecule has 0 saturated heterocycles. The van der Waals surface area contributed by atoms with Crippen LogP contribution < -0.4 is 14.8 Å². The number of aliphatic imine (C=N–C) groups is 1. The fourth-order valence-electron chi connectivity index (χ4n) is 4.51. The highest BCUT2D eigenvalue weighted by atomic mass is 35.5. The van der Waals surface area contributed by atoms with Gasteiger partial charge in [-0.3, -0.25) is 19.1 Å². The fourth-order valence-corrected chi connectivity index (χ4v) is 6.62. The van der Waals surface area contributed by atoms with E-state index in [1.165, 1.54) is 23.9 Å². The van der Waals surface area contributed by atoms with E-state index in [-0.39, 0.29) is 16.6 Å². The lowest BCUT2D eigenvalue weighted by molar-refractivity contribution is -0.113. The van der Waals surface area contributed by atoms with Crippen LogP contribution in [0.4, 0.5) is 5.69 Å². The first kappa shape index (κ1) is 30.6. The molecule has 0 atom stereocenters. The molecule has 0 aliphatic carbocycles. The van der Waals surface area contributed by atoms with E-state index in [1.807, 2.05) is 54.0 Å². The smallest absolute Gasteiger partial charge is 0.262 e. The van der Waals surface area contributed by atoms with Gasteiger partial charge in [-0.2, -0.15) is 0 Å². The molecule has 1 amide bonds. The number of sulfonamides is 1. The van der Waals surface area contributed by atoms with E-state index in [9.17, 15) is 13.2 Å². The zero-order valence-corrected chi connectivity index (χ0v) is 25.9. The number of aromatic nitrogens is 3. The van der Waals surface area contributed by atoms with Gasteiger partial charge in [-0.1, -0.05) is 48.0 Å². The van der Waals surface area contributed by atoms with Gasteiger partial charge in [0.1, 0.15) is 11.6 Å². The van der Waals surface area contributed by atoms with Crippen molar-refractivity contribution in [3.63, 3.8) is 0 Å². The van der Waals surface area contributed by atoms with Gasteiger partial charge in [-0.15, -0.1) is 10.2 Å². The van der Waals surface area contributed by atoms with Crippen molar-refractivity contribution in [2.24, 2.45) is 4.99 Å². The first-order valence-corrected chi connectivity index (χ1v) is 16.7. The van der Waals surface area contributed by atoms with Crippen molar-refractivity contribution in [1.29, 1.82) is 0 Å². The maximum Gasteiger partial charge on any atom is 0.262 e. The normalized spacial score (nSPS) is 13.6. The van der Waals surface area contributed by atoms with E-state index in [4.69, 9.17) is 16.3 Å². The lowest BCUT2D eigenvalue weighted by Gasteiger charge is -2.13. The van der Waals surface area contributed by atoms with Gasteiger partial charge in [0.15, 0.2) is 11.0 Å². The summed E-state index contributed by atoms with van der Waals surface area (Å²) in [5, 5.41) is 12.6. The average Bonchev–Trinajstić information content (AvgIpc) is 3.25. The molecule has 2 N–H and O–H groups in total. The van der Waals surface area contributed by atoms with Gasteiger partial charge in [0.25, 0.3) is 10.0 Å². The summed E-state index contributed by atoms with van der Waals surface area (Å²) in [5.41, 5.74) is 1.83. The third-order valence-electron chi connectivity index (χ3n) is 6.54. The fraction of sp³-hybridized carbons (Fsp3) is 0.267. The highest BCUT2D eigenvalue weighted by Crippen LogP contribution is 2.32. The quantitative estimate of drug-likeness (QED) is 0.205. The minimum absolute atomic E-state index is 0.00369. The Morgan fingerprint density at radius 2 is 1.84 bits per heavy atom. The molecule has 0 spiro atoms. The van der Waals surface area contributed by atoms with Crippen LogP contribution in [-0.4, -0.2) is 53.8 Å². The van der Waals surface area contributed by atoms with Crippen molar-refractivity contribution in [1.82, 2.24) is 19.5 Å². The predicted octanol–water partition coefficient (Wildman–Crippen LogP) is 5.97. The van der Waals surface area contributed by atoms with E-state index >= 15 is 0 Å². The van der Waals surface area contributed by atoms with Crippen LogP contribution in [0.1, 0.15) is 32.6 Å². The SMILES string of the molecule is CCOc1ccc(-n2c(SCC(=O)Nc3cccc(S(=O)(=O)NC4=NCCCCC4)c3)nnc2-c2ccccc2Cl)cc1. The molecule has 5 rings (SSSR count). The van der Waals surface area contributed by atoms with E-state index in [0.717, 1.165) is 30.7 Å². The number of amides is 1. The Bertz CT molecular complexity index is 1720. The summed E-state index contributed by atoms with van der Waals surface area (Å²) in [4.78, 5) is 17.4. The van der Waals surface area contributed by atoms with Crippen LogP contribution in [0.5, 0.6) is 5.75 Å². The van der Waals surface area contributed by atoms with Gasteiger partial charge in [0, 0.05) is 29.9 Å². The Hall–Kier alpha value is -3.87. The summed E-state index contributed by atoms with van der Waals surface area (Å²) in [6.45, 7) is 3.08. The molecule has 10 nitrogen and oxygen atoms in total. The summed E-state index contributed by atoms with van der Waals surface area (Å²) in [7, 11) is -3.84.